The zero-order chi connectivity index (χ0) is 28.7. The van der Waals surface area contributed by atoms with E-state index in [9.17, 15) is 18.0 Å². The average Bonchev–Trinajstić information content (AvgIpc) is 3.46. The molecule has 0 unspecified atom stereocenters. The first kappa shape index (κ1) is 28.9. The number of sulfonamides is 1. The van der Waals surface area contributed by atoms with Gasteiger partial charge in [0.2, 0.25) is 16.8 Å². The number of nitrogens with one attached hydrogen (secondary N) is 1. The Kier molecular flexibility index (Phi) is 7.78. The zero-order valence-electron chi connectivity index (χ0n) is 22.8. The molecule has 0 fully saturated rings. The number of hydrogen-bond acceptors (Lipinski definition) is 8. The van der Waals surface area contributed by atoms with Gasteiger partial charge in [-0.1, -0.05) is 30.3 Å². The SMILES string of the molecule is COc1cc(CCN2C(=O)c3cccc4cccc(c34)C2=O)c(S(=O)(=O)NCc2ccc3c(c2)OCO3)cc1OC.O. The van der Waals surface area contributed by atoms with E-state index in [1.807, 2.05) is 12.1 Å². The third-order valence-corrected chi connectivity index (χ3v) is 8.70. The fraction of sp³-hybridized carbons (Fsp3) is 0.200. The van der Waals surface area contributed by atoms with Crippen LogP contribution in [0.25, 0.3) is 10.8 Å². The van der Waals surface area contributed by atoms with Crippen LogP contribution in [0.5, 0.6) is 23.0 Å². The summed E-state index contributed by atoms with van der Waals surface area (Å²) in [4.78, 5) is 27.9. The first-order chi connectivity index (χ1) is 19.8. The third kappa shape index (κ3) is 5.00. The molecule has 3 N–H and O–H groups in total. The second kappa shape index (κ2) is 11.3. The lowest BCUT2D eigenvalue weighted by atomic mass is 9.94. The van der Waals surface area contributed by atoms with Gasteiger partial charge in [-0.15, -0.1) is 0 Å². The van der Waals surface area contributed by atoms with Crippen LogP contribution in [-0.2, 0) is 23.0 Å². The Morgan fingerprint density at radius 3 is 2.17 bits per heavy atom. The number of hydrogen-bond donors (Lipinski definition) is 1. The molecule has 42 heavy (non-hydrogen) atoms. The normalized spacial score (nSPS) is 13.7. The molecule has 0 aromatic heterocycles. The number of methoxy groups -OCH3 is 2. The van der Waals surface area contributed by atoms with E-state index in [1.54, 1.807) is 48.5 Å². The maximum absolute atomic E-state index is 13.6. The van der Waals surface area contributed by atoms with E-state index in [4.69, 9.17) is 18.9 Å². The van der Waals surface area contributed by atoms with Crippen molar-refractivity contribution in [2.75, 3.05) is 27.6 Å². The molecule has 0 aliphatic carbocycles. The van der Waals surface area contributed by atoms with Crippen molar-refractivity contribution in [1.82, 2.24) is 9.62 Å². The summed E-state index contributed by atoms with van der Waals surface area (Å²) < 4.78 is 51.3. The van der Waals surface area contributed by atoms with Crippen LogP contribution in [0.4, 0.5) is 0 Å². The van der Waals surface area contributed by atoms with Crippen LogP contribution >= 0.6 is 0 Å². The van der Waals surface area contributed by atoms with Crippen molar-refractivity contribution in [3.8, 4) is 23.0 Å². The first-order valence-corrected chi connectivity index (χ1v) is 14.3. The minimum atomic E-state index is -4.07. The quantitative estimate of drug-likeness (QED) is 0.291. The van der Waals surface area contributed by atoms with Crippen LogP contribution in [0.3, 0.4) is 0 Å². The maximum Gasteiger partial charge on any atom is 0.261 e. The molecule has 0 saturated carbocycles. The molecule has 11 nitrogen and oxygen atoms in total. The van der Waals surface area contributed by atoms with Crippen LogP contribution in [0.1, 0.15) is 31.8 Å². The molecule has 2 aliphatic rings. The fourth-order valence-corrected chi connectivity index (χ4v) is 6.45. The second-order valence-electron chi connectivity index (χ2n) is 9.55. The summed E-state index contributed by atoms with van der Waals surface area (Å²) in [6, 6.07) is 18.8. The molecule has 0 atom stereocenters. The van der Waals surface area contributed by atoms with Gasteiger partial charge < -0.3 is 24.4 Å². The number of ether oxygens (including phenoxy) is 4. The summed E-state index contributed by atoms with van der Waals surface area (Å²) in [6.45, 7) is 0.0709. The highest BCUT2D eigenvalue weighted by Gasteiger charge is 2.33. The highest BCUT2D eigenvalue weighted by atomic mass is 32.2. The van der Waals surface area contributed by atoms with E-state index >= 15 is 0 Å². The highest BCUT2D eigenvalue weighted by Crippen LogP contribution is 2.35. The number of imide groups is 1. The Bertz CT molecular complexity index is 1770. The molecule has 0 saturated heterocycles. The Hall–Kier alpha value is -4.65. The topological polar surface area (TPSA) is 152 Å². The minimum Gasteiger partial charge on any atom is -0.493 e. The van der Waals surface area contributed by atoms with E-state index in [0.717, 1.165) is 10.3 Å². The first-order valence-electron chi connectivity index (χ1n) is 12.8. The Morgan fingerprint density at radius 1 is 0.857 bits per heavy atom. The van der Waals surface area contributed by atoms with Crippen LogP contribution in [0.15, 0.2) is 71.6 Å². The zero-order valence-corrected chi connectivity index (χ0v) is 23.6. The van der Waals surface area contributed by atoms with Crippen molar-refractivity contribution in [3.63, 3.8) is 0 Å². The van der Waals surface area contributed by atoms with Gasteiger partial charge in [0.1, 0.15) is 0 Å². The van der Waals surface area contributed by atoms with Gasteiger partial charge in [-0.2, -0.15) is 0 Å². The second-order valence-corrected chi connectivity index (χ2v) is 11.3. The lowest BCUT2D eigenvalue weighted by molar-refractivity contribution is 0.0612. The molecule has 218 valence electrons. The van der Waals surface area contributed by atoms with Crippen molar-refractivity contribution >= 4 is 32.6 Å². The molecule has 12 heteroatoms. The number of nitrogens with zero attached hydrogens (tertiary/aromatic N) is 1. The summed E-state index contributed by atoms with van der Waals surface area (Å²) in [6.07, 6.45) is 0.0657. The van der Waals surface area contributed by atoms with Gasteiger partial charge in [0, 0.05) is 35.7 Å². The molecule has 4 aromatic rings. The van der Waals surface area contributed by atoms with Gasteiger partial charge in [0.15, 0.2) is 23.0 Å². The number of rotatable bonds is 9. The monoisotopic (exact) mass is 592 g/mol. The predicted octanol–water partition coefficient (Wildman–Crippen LogP) is 3.08. The molecular formula is C30H28N2O9S. The van der Waals surface area contributed by atoms with Gasteiger partial charge in [-0.3, -0.25) is 14.5 Å². The molecule has 0 radical (unpaired) electrons. The van der Waals surface area contributed by atoms with E-state index in [1.165, 1.54) is 20.3 Å². The van der Waals surface area contributed by atoms with Gasteiger partial charge >= 0.3 is 0 Å². The molecule has 2 amide bonds. The van der Waals surface area contributed by atoms with Crippen LogP contribution < -0.4 is 23.7 Å². The van der Waals surface area contributed by atoms with E-state index in [0.29, 0.717) is 44.9 Å². The maximum atomic E-state index is 13.6. The lowest BCUT2D eigenvalue weighted by Gasteiger charge is -2.27. The largest absolute Gasteiger partial charge is 0.493 e. The van der Waals surface area contributed by atoms with Crippen molar-refractivity contribution in [2.24, 2.45) is 0 Å². The van der Waals surface area contributed by atoms with Crippen molar-refractivity contribution < 1.29 is 42.4 Å². The molecule has 0 spiro atoms. The number of fused-ring (bicyclic) bond motifs is 1. The molecule has 2 aliphatic heterocycles. The van der Waals surface area contributed by atoms with Crippen molar-refractivity contribution in [2.45, 2.75) is 17.9 Å². The summed E-state index contributed by atoms with van der Waals surface area (Å²) in [5, 5.41) is 1.44. The Morgan fingerprint density at radius 2 is 1.50 bits per heavy atom. The van der Waals surface area contributed by atoms with E-state index < -0.39 is 21.8 Å². The van der Waals surface area contributed by atoms with Crippen molar-refractivity contribution in [3.05, 3.63) is 89.0 Å². The number of carbonyl (C=O) groups excluding carboxylic acids is 2. The molecule has 4 aromatic carbocycles. The van der Waals surface area contributed by atoms with Crippen LogP contribution in [0, 0.1) is 0 Å². The molecular weight excluding hydrogens is 564 g/mol. The Balaban J connectivity index is 0.00000353. The molecule has 6 rings (SSSR count). The van der Waals surface area contributed by atoms with Crippen LogP contribution in [-0.4, -0.2) is 58.2 Å². The smallest absolute Gasteiger partial charge is 0.261 e. The fourth-order valence-electron chi connectivity index (χ4n) is 5.17. The predicted molar refractivity (Wildman–Crippen MR) is 153 cm³/mol. The minimum absolute atomic E-state index is 0. The third-order valence-electron chi connectivity index (χ3n) is 7.22. The highest BCUT2D eigenvalue weighted by molar-refractivity contribution is 7.89. The van der Waals surface area contributed by atoms with Gasteiger partial charge in [0.25, 0.3) is 11.8 Å². The van der Waals surface area contributed by atoms with Crippen LogP contribution in [0.2, 0.25) is 0 Å². The van der Waals surface area contributed by atoms with Gasteiger partial charge in [-0.05, 0) is 53.3 Å². The summed E-state index contributed by atoms with van der Waals surface area (Å²) in [7, 11) is -1.21. The van der Waals surface area contributed by atoms with Crippen molar-refractivity contribution in [1.29, 1.82) is 0 Å². The number of carbonyl (C=O) groups is 2. The van der Waals surface area contributed by atoms with E-state index in [-0.39, 0.29) is 42.4 Å². The number of amides is 2. The summed E-state index contributed by atoms with van der Waals surface area (Å²) in [5.41, 5.74) is 1.90. The molecule has 2 heterocycles. The summed E-state index contributed by atoms with van der Waals surface area (Å²) >= 11 is 0. The number of benzene rings is 4. The van der Waals surface area contributed by atoms with E-state index in [2.05, 4.69) is 4.72 Å². The summed E-state index contributed by atoms with van der Waals surface area (Å²) in [5.74, 6) is 0.838. The standard InChI is InChI=1S/C30H26N2O8S.H2O/c1-37-24-14-20(11-12-32-29(33)21-7-3-5-19-6-4-8-22(28(19)21)30(32)34)27(15-25(24)38-2)41(35,36)31-16-18-9-10-23-26(13-18)40-17-39-23;/h3-10,13-15,31H,11-12,16-17H2,1-2H3;1H2. The average molecular weight is 593 g/mol. The lowest BCUT2D eigenvalue weighted by Crippen LogP contribution is -2.41. The van der Waals surface area contributed by atoms with Gasteiger partial charge in [-0.25, -0.2) is 13.1 Å². The molecule has 0 bridgehead atoms. The van der Waals surface area contributed by atoms with Gasteiger partial charge in [0.05, 0.1) is 19.1 Å². The Labute approximate surface area is 241 Å².